The molecule has 2 heterocycles. The summed E-state index contributed by atoms with van der Waals surface area (Å²) >= 11 is 0. The van der Waals surface area contributed by atoms with Crippen LogP contribution in [-0.2, 0) is 24.4 Å². The van der Waals surface area contributed by atoms with Gasteiger partial charge in [0, 0.05) is 40.6 Å². The van der Waals surface area contributed by atoms with E-state index in [1.54, 1.807) is 62.4 Å². The fourth-order valence-corrected chi connectivity index (χ4v) is 5.14. The highest BCUT2D eigenvalue weighted by atomic mass is 32.2. The Morgan fingerprint density at radius 2 is 1.51 bits per heavy atom. The zero-order valence-corrected chi connectivity index (χ0v) is 21.2. The number of hydrogen-bond donors (Lipinski definition) is 2. The van der Waals surface area contributed by atoms with Crippen LogP contribution in [0.15, 0.2) is 107 Å². The Bertz CT molecular complexity index is 1500. The Morgan fingerprint density at radius 1 is 0.892 bits per heavy atom. The summed E-state index contributed by atoms with van der Waals surface area (Å²) in [5.41, 5.74) is 2.12. The summed E-state index contributed by atoms with van der Waals surface area (Å²) < 4.78 is 36.7. The smallest absolute Gasteiger partial charge is 0.339 e. The number of carbonyl (C=O) groups is 2. The first-order valence-electron chi connectivity index (χ1n) is 11.3. The van der Waals surface area contributed by atoms with E-state index in [2.05, 4.69) is 15.6 Å². The lowest BCUT2D eigenvalue weighted by molar-refractivity contribution is -0.136. The van der Waals surface area contributed by atoms with Crippen LogP contribution in [0.25, 0.3) is 0 Å². The number of amides is 1. The molecule has 3 aromatic rings. The maximum atomic E-state index is 13.6. The van der Waals surface area contributed by atoms with Crippen molar-refractivity contribution >= 4 is 27.7 Å². The quantitative estimate of drug-likeness (QED) is 0.356. The van der Waals surface area contributed by atoms with Gasteiger partial charge in [-0.15, -0.1) is 0 Å². The molecule has 1 atom stereocenters. The van der Waals surface area contributed by atoms with Crippen molar-refractivity contribution in [1.29, 1.82) is 0 Å². The highest BCUT2D eigenvalue weighted by Crippen LogP contribution is 2.43. The third-order valence-corrected chi connectivity index (χ3v) is 7.06. The number of nitrogens with zero attached hydrogens (tertiary/aromatic N) is 1. The first kappa shape index (κ1) is 25.6. The molecule has 0 saturated heterocycles. The number of benzene rings is 2. The van der Waals surface area contributed by atoms with Gasteiger partial charge in [0.2, 0.25) is 0 Å². The molecule has 0 spiro atoms. The zero-order valence-electron chi connectivity index (χ0n) is 20.4. The van der Waals surface area contributed by atoms with Crippen LogP contribution in [0.3, 0.4) is 0 Å². The SMILES string of the molecule is COC(=O)C1=C(C)NC(C)=C(C(=O)Nc2ccncc2)C1c1ccccc1OS(=O)(=O)c1ccccc1. The molecule has 0 fully saturated rings. The predicted octanol–water partition coefficient (Wildman–Crippen LogP) is 3.90. The number of rotatable bonds is 7. The van der Waals surface area contributed by atoms with E-state index in [0.29, 0.717) is 22.6 Å². The second-order valence-electron chi connectivity index (χ2n) is 8.21. The summed E-state index contributed by atoms with van der Waals surface area (Å²) in [4.78, 5) is 30.5. The molecule has 190 valence electrons. The number of dihydropyridines is 1. The zero-order chi connectivity index (χ0) is 26.6. The van der Waals surface area contributed by atoms with E-state index >= 15 is 0 Å². The highest BCUT2D eigenvalue weighted by molar-refractivity contribution is 7.87. The average Bonchev–Trinajstić information content (AvgIpc) is 2.89. The summed E-state index contributed by atoms with van der Waals surface area (Å²) in [7, 11) is -2.96. The lowest BCUT2D eigenvalue weighted by Gasteiger charge is -2.31. The summed E-state index contributed by atoms with van der Waals surface area (Å²) in [6, 6.07) is 17.4. The van der Waals surface area contributed by atoms with E-state index in [0.717, 1.165) is 0 Å². The number of carbonyl (C=O) groups excluding carboxylic acids is 2. The van der Waals surface area contributed by atoms with Gasteiger partial charge in [-0.1, -0.05) is 36.4 Å². The first-order chi connectivity index (χ1) is 17.7. The van der Waals surface area contributed by atoms with Crippen molar-refractivity contribution in [3.63, 3.8) is 0 Å². The molecule has 1 aromatic heterocycles. The van der Waals surface area contributed by atoms with Crippen molar-refractivity contribution in [2.45, 2.75) is 24.7 Å². The third kappa shape index (κ3) is 5.39. The topological polar surface area (TPSA) is 124 Å². The molecule has 2 N–H and O–H groups in total. The van der Waals surface area contributed by atoms with Crippen LogP contribution in [0.5, 0.6) is 5.75 Å². The van der Waals surface area contributed by atoms with Crippen molar-refractivity contribution in [1.82, 2.24) is 10.3 Å². The number of para-hydroxylation sites is 1. The van der Waals surface area contributed by atoms with Crippen LogP contribution >= 0.6 is 0 Å². The van der Waals surface area contributed by atoms with Crippen LogP contribution in [0, 0.1) is 0 Å². The van der Waals surface area contributed by atoms with Gasteiger partial charge in [0.1, 0.15) is 10.6 Å². The van der Waals surface area contributed by atoms with Gasteiger partial charge < -0.3 is 19.6 Å². The summed E-state index contributed by atoms with van der Waals surface area (Å²) in [6.07, 6.45) is 3.07. The number of ether oxygens (including phenoxy) is 1. The molecule has 0 saturated carbocycles. The number of anilines is 1. The molecule has 1 unspecified atom stereocenters. The van der Waals surface area contributed by atoms with Gasteiger partial charge in [-0.05, 0) is 44.2 Å². The molecule has 0 radical (unpaired) electrons. The number of pyridine rings is 1. The Balaban J connectivity index is 1.85. The molecule has 37 heavy (non-hydrogen) atoms. The van der Waals surface area contributed by atoms with Gasteiger partial charge >= 0.3 is 16.1 Å². The van der Waals surface area contributed by atoms with Crippen LogP contribution < -0.4 is 14.8 Å². The minimum atomic E-state index is -4.20. The minimum Gasteiger partial charge on any atom is -0.466 e. The van der Waals surface area contributed by atoms with E-state index in [1.807, 2.05) is 0 Å². The number of hydrogen-bond acceptors (Lipinski definition) is 8. The Labute approximate surface area is 215 Å². The predicted molar refractivity (Wildman–Crippen MR) is 137 cm³/mol. The van der Waals surface area contributed by atoms with Gasteiger partial charge in [-0.2, -0.15) is 8.42 Å². The van der Waals surface area contributed by atoms with E-state index in [-0.39, 0.29) is 21.8 Å². The second kappa shape index (κ2) is 10.7. The number of esters is 1. The summed E-state index contributed by atoms with van der Waals surface area (Å²) in [6.45, 7) is 3.39. The molecule has 0 bridgehead atoms. The monoisotopic (exact) mass is 519 g/mol. The summed E-state index contributed by atoms with van der Waals surface area (Å²) in [5, 5.41) is 5.90. The maximum Gasteiger partial charge on any atom is 0.339 e. The lowest BCUT2D eigenvalue weighted by atomic mass is 9.79. The molecule has 9 nitrogen and oxygen atoms in total. The first-order valence-corrected chi connectivity index (χ1v) is 12.7. The molecule has 1 aliphatic rings. The highest BCUT2D eigenvalue weighted by Gasteiger charge is 2.39. The molecular weight excluding hydrogens is 494 g/mol. The van der Waals surface area contributed by atoms with Gasteiger partial charge in [0.15, 0.2) is 0 Å². The van der Waals surface area contributed by atoms with Crippen LogP contribution in [0.4, 0.5) is 5.69 Å². The van der Waals surface area contributed by atoms with Gasteiger partial charge in [0.25, 0.3) is 5.91 Å². The van der Waals surface area contributed by atoms with E-state index in [9.17, 15) is 18.0 Å². The normalized spacial score (nSPS) is 15.6. The Morgan fingerprint density at radius 3 is 2.19 bits per heavy atom. The van der Waals surface area contributed by atoms with Crippen molar-refractivity contribution in [2.75, 3.05) is 12.4 Å². The van der Waals surface area contributed by atoms with Crippen molar-refractivity contribution in [3.8, 4) is 5.75 Å². The molecule has 0 aliphatic carbocycles. The third-order valence-electron chi connectivity index (χ3n) is 5.81. The van der Waals surface area contributed by atoms with Crippen molar-refractivity contribution in [3.05, 3.63) is 107 Å². The molecule has 1 amide bonds. The largest absolute Gasteiger partial charge is 0.466 e. The fourth-order valence-electron chi connectivity index (χ4n) is 4.17. The van der Waals surface area contributed by atoms with Crippen molar-refractivity contribution < 1.29 is 26.9 Å². The average molecular weight is 520 g/mol. The number of nitrogens with one attached hydrogen (secondary N) is 2. The van der Waals surface area contributed by atoms with E-state index in [4.69, 9.17) is 8.92 Å². The Hall–Kier alpha value is -4.44. The lowest BCUT2D eigenvalue weighted by Crippen LogP contribution is -2.34. The van der Waals surface area contributed by atoms with Crippen LogP contribution in [-0.4, -0.2) is 32.4 Å². The van der Waals surface area contributed by atoms with Gasteiger partial charge in [0.05, 0.1) is 18.6 Å². The van der Waals surface area contributed by atoms with Crippen molar-refractivity contribution in [2.24, 2.45) is 0 Å². The maximum absolute atomic E-state index is 13.6. The van der Waals surface area contributed by atoms with Crippen LogP contribution in [0.1, 0.15) is 25.3 Å². The van der Waals surface area contributed by atoms with Gasteiger partial charge in [-0.3, -0.25) is 9.78 Å². The standard InChI is InChI=1S/C27H25N3O6S/c1-17-23(26(31)30-19-13-15-28-16-14-19)25(24(18(2)29-17)27(32)35-3)21-11-7-8-12-22(21)36-37(33,34)20-9-5-4-6-10-20/h4-16,25,29H,1-3H3,(H,28,30,31). The Kier molecular flexibility index (Phi) is 7.40. The fraction of sp³-hybridized carbons (Fsp3) is 0.148. The number of methoxy groups -OCH3 is 1. The molecule has 2 aromatic carbocycles. The summed E-state index contributed by atoms with van der Waals surface area (Å²) in [5.74, 6) is -2.17. The second-order valence-corrected chi connectivity index (χ2v) is 9.75. The number of allylic oxidation sites excluding steroid dienone is 2. The van der Waals surface area contributed by atoms with Gasteiger partial charge in [-0.25, -0.2) is 4.79 Å². The minimum absolute atomic E-state index is 0.0190. The molecule has 1 aliphatic heterocycles. The molecular formula is C27H25N3O6S. The molecule has 4 rings (SSSR count). The van der Waals surface area contributed by atoms with Crippen LogP contribution in [0.2, 0.25) is 0 Å². The molecule has 10 heteroatoms. The van der Waals surface area contributed by atoms with E-state index in [1.165, 1.54) is 37.7 Å². The number of aromatic nitrogens is 1. The van der Waals surface area contributed by atoms with E-state index < -0.39 is 27.9 Å².